The van der Waals surface area contributed by atoms with Gasteiger partial charge >= 0.3 is 0 Å². The van der Waals surface area contributed by atoms with E-state index >= 15 is 0 Å². The minimum Gasteiger partial charge on any atom is -0.396 e. The highest BCUT2D eigenvalue weighted by Crippen LogP contribution is 2.01. The summed E-state index contributed by atoms with van der Waals surface area (Å²) < 4.78 is 0. The number of aliphatic hydroxyl groups excluding tert-OH is 1. The predicted octanol–water partition coefficient (Wildman–Crippen LogP) is -1.26. The Morgan fingerprint density at radius 3 is 2.38 bits per heavy atom. The fourth-order valence-electron chi connectivity index (χ4n) is 0.857. The molecular formula is C7H17N5O. The molecule has 0 aliphatic heterocycles. The standard InChI is InChI=1S/C7H17N5O/c1-2-5(3-4-13)11-7(10)12-6(8)9/h5,13H,2-4H2,1H3,(H6,8,9,10,11,12). The molecule has 76 valence electrons. The lowest BCUT2D eigenvalue weighted by molar-refractivity contribution is 0.275. The molecular weight excluding hydrogens is 170 g/mol. The molecule has 0 aromatic heterocycles. The summed E-state index contributed by atoms with van der Waals surface area (Å²) in [6.45, 7) is 2.03. The molecule has 0 bridgehead atoms. The van der Waals surface area contributed by atoms with Gasteiger partial charge in [0, 0.05) is 6.61 Å². The van der Waals surface area contributed by atoms with E-state index in [-0.39, 0.29) is 24.6 Å². The van der Waals surface area contributed by atoms with Gasteiger partial charge in [-0.25, -0.2) is 4.99 Å². The van der Waals surface area contributed by atoms with Crippen LogP contribution in [0, 0.1) is 0 Å². The Hall–Kier alpha value is -1.30. The Morgan fingerprint density at radius 1 is 1.38 bits per heavy atom. The molecule has 0 aromatic rings. The maximum Gasteiger partial charge on any atom is 0.218 e. The molecule has 0 heterocycles. The van der Waals surface area contributed by atoms with E-state index in [2.05, 4.69) is 9.98 Å². The molecule has 1 unspecified atom stereocenters. The Morgan fingerprint density at radius 2 is 2.00 bits per heavy atom. The maximum atomic E-state index is 8.67. The number of guanidine groups is 2. The van der Waals surface area contributed by atoms with Crippen LogP contribution in [0.3, 0.4) is 0 Å². The van der Waals surface area contributed by atoms with Crippen LogP contribution < -0.4 is 17.2 Å². The first kappa shape index (κ1) is 11.7. The number of aliphatic hydroxyl groups is 1. The predicted molar refractivity (Wildman–Crippen MR) is 53.2 cm³/mol. The zero-order valence-electron chi connectivity index (χ0n) is 7.77. The molecule has 0 amide bonds. The summed E-state index contributed by atoms with van der Waals surface area (Å²) in [6.07, 6.45) is 1.36. The van der Waals surface area contributed by atoms with Crippen LogP contribution in [0.5, 0.6) is 0 Å². The third-order valence-electron chi connectivity index (χ3n) is 1.49. The van der Waals surface area contributed by atoms with Gasteiger partial charge in [0.1, 0.15) is 0 Å². The van der Waals surface area contributed by atoms with Crippen molar-refractivity contribution in [2.75, 3.05) is 6.61 Å². The minimum absolute atomic E-state index is 0.0203. The molecule has 13 heavy (non-hydrogen) atoms. The Labute approximate surface area is 77.5 Å². The highest BCUT2D eigenvalue weighted by atomic mass is 16.3. The van der Waals surface area contributed by atoms with E-state index in [0.717, 1.165) is 6.42 Å². The van der Waals surface area contributed by atoms with Crippen molar-refractivity contribution in [2.24, 2.45) is 27.2 Å². The van der Waals surface area contributed by atoms with Crippen molar-refractivity contribution in [1.29, 1.82) is 0 Å². The largest absolute Gasteiger partial charge is 0.396 e. The molecule has 0 spiro atoms. The van der Waals surface area contributed by atoms with E-state index in [9.17, 15) is 0 Å². The normalized spacial score (nSPS) is 13.8. The summed E-state index contributed by atoms with van der Waals surface area (Å²) in [6, 6.07) is -0.0203. The smallest absolute Gasteiger partial charge is 0.218 e. The van der Waals surface area contributed by atoms with E-state index in [1.807, 2.05) is 6.92 Å². The highest BCUT2D eigenvalue weighted by Gasteiger charge is 2.03. The van der Waals surface area contributed by atoms with Gasteiger partial charge in [-0.2, -0.15) is 4.99 Å². The molecule has 6 heteroatoms. The quantitative estimate of drug-likeness (QED) is 0.324. The summed E-state index contributed by atoms with van der Waals surface area (Å²) in [4.78, 5) is 7.58. The number of nitrogens with zero attached hydrogens (tertiary/aromatic N) is 2. The second kappa shape index (κ2) is 6.24. The molecule has 7 N–H and O–H groups in total. The number of hydrogen-bond donors (Lipinski definition) is 4. The van der Waals surface area contributed by atoms with Crippen LogP contribution in [0.25, 0.3) is 0 Å². The average Bonchev–Trinajstić information content (AvgIpc) is 2.02. The van der Waals surface area contributed by atoms with Crippen molar-refractivity contribution in [1.82, 2.24) is 0 Å². The monoisotopic (exact) mass is 187 g/mol. The lowest BCUT2D eigenvalue weighted by Gasteiger charge is -2.07. The van der Waals surface area contributed by atoms with Crippen molar-refractivity contribution >= 4 is 11.9 Å². The van der Waals surface area contributed by atoms with Gasteiger partial charge in [0.2, 0.25) is 5.96 Å². The Bertz CT molecular complexity index is 197. The lowest BCUT2D eigenvalue weighted by Crippen LogP contribution is -2.27. The Kier molecular flexibility index (Phi) is 5.62. The van der Waals surface area contributed by atoms with Crippen molar-refractivity contribution in [3.63, 3.8) is 0 Å². The first-order chi connectivity index (χ1) is 6.10. The van der Waals surface area contributed by atoms with E-state index in [0.29, 0.717) is 6.42 Å². The molecule has 0 aliphatic carbocycles. The number of nitrogens with two attached hydrogens (primary N) is 3. The van der Waals surface area contributed by atoms with E-state index < -0.39 is 0 Å². The van der Waals surface area contributed by atoms with E-state index in [1.54, 1.807) is 0 Å². The second-order valence-corrected chi connectivity index (χ2v) is 2.60. The van der Waals surface area contributed by atoms with Crippen LogP contribution in [0.2, 0.25) is 0 Å². The second-order valence-electron chi connectivity index (χ2n) is 2.60. The third-order valence-corrected chi connectivity index (χ3v) is 1.49. The van der Waals surface area contributed by atoms with Gasteiger partial charge in [-0.1, -0.05) is 6.92 Å². The zero-order chi connectivity index (χ0) is 10.3. The van der Waals surface area contributed by atoms with Crippen molar-refractivity contribution in [3.05, 3.63) is 0 Å². The fourth-order valence-corrected chi connectivity index (χ4v) is 0.857. The molecule has 0 rings (SSSR count). The maximum absolute atomic E-state index is 8.67. The summed E-state index contributed by atoms with van der Waals surface area (Å²) in [5.41, 5.74) is 15.6. The molecule has 6 nitrogen and oxygen atoms in total. The van der Waals surface area contributed by atoms with Crippen LogP contribution >= 0.6 is 0 Å². The number of aliphatic imine (C=N–C) groups is 2. The third kappa shape index (κ3) is 5.92. The summed E-state index contributed by atoms with van der Waals surface area (Å²) >= 11 is 0. The van der Waals surface area contributed by atoms with Gasteiger partial charge in [-0.3, -0.25) is 0 Å². The molecule has 0 radical (unpaired) electrons. The molecule has 0 saturated heterocycles. The van der Waals surface area contributed by atoms with Gasteiger partial charge in [0.15, 0.2) is 5.96 Å². The first-order valence-electron chi connectivity index (χ1n) is 4.13. The Balaban J connectivity index is 4.24. The van der Waals surface area contributed by atoms with E-state index in [4.69, 9.17) is 22.3 Å². The molecule has 0 aromatic carbocycles. The number of hydrogen-bond acceptors (Lipinski definition) is 2. The SMILES string of the molecule is CCC(CCO)N=C(N)N=C(N)N. The molecule has 1 atom stereocenters. The van der Waals surface area contributed by atoms with Crippen molar-refractivity contribution in [2.45, 2.75) is 25.8 Å². The molecule has 0 fully saturated rings. The van der Waals surface area contributed by atoms with Crippen molar-refractivity contribution < 1.29 is 5.11 Å². The fraction of sp³-hybridized carbons (Fsp3) is 0.714. The van der Waals surface area contributed by atoms with Gasteiger partial charge in [-0.05, 0) is 12.8 Å². The van der Waals surface area contributed by atoms with E-state index in [1.165, 1.54) is 0 Å². The van der Waals surface area contributed by atoms with Gasteiger partial charge < -0.3 is 22.3 Å². The van der Waals surface area contributed by atoms with Gasteiger partial charge in [-0.15, -0.1) is 0 Å². The summed E-state index contributed by atoms with van der Waals surface area (Å²) in [5, 5.41) is 8.67. The van der Waals surface area contributed by atoms with Crippen LogP contribution in [-0.2, 0) is 0 Å². The van der Waals surface area contributed by atoms with Crippen molar-refractivity contribution in [3.8, 4) is 0 Å². The van der Waals surface area contributed by atoms with Gasteiger partial charge in [0.05, 0.1) is 6.04 Å². The van der Waals surface area contributed by atoms with Crippen LogP contribution in [-0.4, -0.2) is 29.7 Å². The minimum atomic E-state index is -0.111. The van der Waals surface area contributed by atoms with Gasteiger partial charge in [0.25, 0.3) is 0 Å². The number of rotatable bonds is 4. The topological polar surface area (TPSA) is 123 Å². The first-order valence-corrected chi connectivity index (χ1v) is 4.13. The molecule has 0 saturated carbocycles. The zero-order valence-corrected chi connectivity index (χ0v) is 7.77. The highest BCUT2D eigenvalue weighted by molar-refractivity contribution is 5.92. The summed E-state index contributed by atoms with van der Waals surface area (Å²) in [5.74, 6) is -0.0552. The van der Waals surface area contributed by atoms with Crippen LogP contribution in [0.15, 0.2) is 9.98 Å². The molecule has 0 aliphatic rings. The average molecular weight is 187 g/mol. The van der Waals surface area contributed by atoms with Crippen LogP contribution in [0.1, 0.15) is 19.8 Å². The summed E-state index contributed by atoms with van der Waals surface area (Å²) in [7, 11) is 0. The van der Waals surface area contributed by atoms with Crippen LogP contribution in [0.4, 0.5) is 0 Å². The lowest BCUT2D eigenvalue weighted by atomic mass is 10.2.